The highest BCUT2D eigenvalue weighted by Crippen LogP contribution is 2.62. The molecule has 3 aromatic rings. The number of nitrogens with zero attached hydrogens (tertiary/aromatic N) is 1. The van der Waals surface area contributed by atoms with Gasteiger partial charge in [-0.1, -0.05) is 12.1 Å². The molecule has 5 aliphatic rings. The molecule has 39 heavy (non-hydrogen) atoms. The topological polar surface area (TPSA) is 95.7 Å². The lowest BCUT2D eigenvalue weighted by molar-refractivity contribution is -0.759. The fraction of sp³-hybridized carbons (Fsp3) is 0.467. The first kappa shape index (κ1) is 24.7. The van der Waals surface area contributed by atoms with Gasteiger partial charge in [-0.15, -0.1) is 21.5 Å². The third-order valence-corrected chi connectivity index (χ3v) is 10.6. The van der Waals surface area contributed by atoms with Crippen molar-refractivity contribution in [3.63, 3.8) is 0 Å². The van der Waals surface area contributed by atoms with Gasteiger partial charge in [-0.2, -0.15) is 0 Å². The van der Waals surface area contributed by atoms with Crippen LogP contribution in [0.2, 0.25) is 0 Å². The van der Waals surface area contributed by atoms with Gasteiger partial charge in [0.15, 0.2) is 5.78 Å². The van der Waals surface area contributed by atoms with E-state index in [1.54, 1.807) is 24.3 Å². The molecule has 2 aromatic carbocycles. The second-order valence-corrected chi connectivity index (χ2v) is 13.2. The number of benzene rings is 2. The molecule has 5 saturated carbocycles. The summed E-state index contributed by atoms with van der Waals surface area (Å²) in [4.78, 5) is 43.0. The summed E-state index contributed by atoms with van der Waals surface area (Å²) in [6, 6.07) is 11.5. The highest BCUT2D eigenvalue weighted by atomic mass is 32.1. The van der Waals surface area contributed by atoms with E-state index in [2.05, 4.69) is 4.84 Å². The minimum Gasteiger partial charge on any atom is -0.426 e. The Morgan fingerprint density at radius 2 is 1.64 bits per heavy atom. The lowest BCUT2D eigenvalue weighted by Crippen LogP contribution is -2.49. The van der Waals surface area contributed by atoms with Crippen molar-refractivity contribution in [3.8, 4) is 16.9 Å². The molecule has 0 aliphatic heterocycles. The van der Waals surface area contributed by atoms with Gasteiger partial charge in [-0.3, -0.25) is 9.59 Å². The number of halogens is 1. The summed E-state index contributed by atoms with van der Waals surface area (Å²) in [7, 11) is 0. The van der Waals surface area contributed by atoms with E-state index < -0.39 is 16.5 Å². The minimum absolute atomic E-state index is 0.203. The zero-order valence-electron chi connectivity index (χ0n) is 21.3. The van der Waals surface area contributed by atoms with Gasteiger partial charge in [-0.05, 0) is 105 Å². The molecular formula is C30H28FNO6S. The van der Waals surface area contributed by atoms with Crippen LogP contribution in [0.1, 0.15) is 61.0 Å². The highest BCUT2D eigenvalue weighted by molar-refractivity contribution is 7.21. The van der Waals surface area contributed by atoms with E-state index in [9.17, 15) is 24.1 Å². The Morgan fingerprint density at radius 3 is 2.23 bits per heavy atom. The van der Waals surface area contributed by atoms with E-state index in [0.29, 0.717) is 41.2 Å². The molecule has 0 amide bonds. The van der Waals surface area contributed by atoms with Gasteiger partial charge in [0.1, 0.15) is 18.2 Å². The zero-order chi connectivity index (χ0) is 26.9. The summed E-state index contributed by atoms with van der Waals surface area (Å²) in [6.45, 7) is -0.321. The third-order valence-electron chi connectivity index (χ3n) is 9.46. The smallest absolute Gasteiger partial charge is 0.319 e. The van der Waals surface area contributed by atoms with Crippen molar-refractivity contribution in [3.05, 3.63) is 63.3 Å². The number of ketones is 1. The molecule has 0 saturated heterocycles. The lowest BCUT2D eigenvalue weighted by atomic mass is 9.48. The molecule has 5 fully saturated rings. The van der Waals surface area contributed by atoms with Crippen LogP contribution in [0.5, 0.6) is 5.75 Å². The molecule has 202 valence electrons. The van der Waals surface area contributed by atoms with Crippen molar-refractivity contribution in [2.75, 3.05) is 6.61 Å². The van der Waals surface area contributed by atoms with E-state index in [1.807, 2.05) is 6.07 Å². The van der Waals surface area contributed by atoms with Gasteiger partial charge in [0, 0.05) is 21.1 Å². The van der Waals surface area contributed by atoms with Crippen molar-refractivity contribution in [1.82, 2.24) is 0 Å². The first-order valence-electron chi connectivity index (χ1n) is 13.6. The Kier molecular flexibility index (Phi) is 5.60. The Labute approximate surface area is 228 Å². The van der Waals surface area contributed by atoms with Crippen LogP contribution in [-0.2, 0) is 9.63 Å². The van der Waals surface area contributed by atoms with Crippen LogP contribution in [0.3, 0.4) is 0 Å². The number of rotatable bonds is 8. The van der Waals surface area contributed by atoms with Crippen LogP contribution in [0, 0.1) is 44.5 Å². The van der Waals surface area contributed by atoms with Crippen molar-refractivity contribution < 1.29 is 28.6 Å². The first-order chi connectivity index (χ1) is 18.7. The summed E-state index contributed by atoms with van der Waals surface area (Å²) < 4.78 is 20.3. The van der Waals surface area contributed by atoms with Gasteiger partial charge in [0.05, 0.1) is 10.3 Å². The van der Waals surface area contributed by atoms with Crippen molar-refractivity contribution in [1.29, 1.82) is 0 Å². The van der Waals surface area contributed by atoms with Gasteiger partial charge in [-0.25, -0.2) is 4.39 Å². The Bertz CT molecular complexity index is 1470. The maximum absolute atomic E-state index is 14.4. The number of thiophene rings is 1. The Balaban J connectivity index is 1.25. The predicted molar refractivity (Wildman–Crippen MR) is 142 cm³/mol. The SMILES string of the molecule is O=C(Oc1ccc2c(-c3ccc(F)cc3)c(C(=O)C34CC5CC(CC(C5)C3)C4)sc2c1)C1(CO[N+](=O)[O-])CC1. The predicted octanol–water partition coefficient (Wildman–Crippen LogP) is 7.00. The maximum atomic E-state index is 14.4. The number of carbonyl (C=O) groups is 2. The largest absolute Gasteiger partial charge is 0.426 e. The molecule has 0 radical (unpaired) electrons. The molecule has 1 aromatic heterocycles. The Hall–Kier alpha value is -3.33. The molecule has 0 unspecified atom stereocenters. The Morgan fingerprint density at radius 1 is 1.00 bits per heavy atom. The van der Waals surface area contributed by atoms with Crippen LogP contribution < -0.4 is 4.74 Å². The van der Waals surface area contributed by atoms with Crippen molar-refractivity contribution >= 4 is 33.2 Å². The number of hydrogen-bond donors (Lipinski definition) is 0. The molecule has 1 heterocycles. The number of fused-ring (bicyclic) bond motifs is 1. The number of esters is 1. The third kappa shape index (κ3) is 4.22. The summed E-state index contributed by atoms with van der Waals surface area (Å²) in [5.74, 6) is 1.52. The number of Topliss-reactive ketones (excluding diaryl/α,β-unsaturated/α-hetero) is 1. The fourth-order valence-electron chi connectivity index (χ4n) is 7.78. The minimum atomic E-state index is -0.990. The average Bonchev–Trinajstić information content (AvgIpc) is 3.61. The van der Waals surface area contributed by atoms with E-state index in [4.69, 9.17) is 4.74 Å². The summed E-state index contributed by atoms with van der Waals surface area (Å²) in [6.07, 6.45) is 7.52. The van der Waals surface area contributed by atoms with E-state index in [-0.39, 0.29) is 23.6 Å². The highest BCUT2D eigenvalue weighted by Gasteiger charge is 2.55. The molecule has 0 spiro atoms. The van der Waals surface area contributed by atoms with Gasteiger partial charge in [0.2, 0.25) is 0 Å². The van der Waals surface area contributed by atoms with Crippen molar-refractivity contribution in [2.24, 2.45) is 28.6 Å². The number of carbonyl (C=O) groups excluding carboxylic acids is 2. The standard InChI is InChI=1S/C30H28FNO6S/c31-21-3-1-20(2-4-21)25-23-6-5-22(38-28(34)29(7-8-29)16-37-32(35)36)12-24(23)39-26(25)27(33)30-13-17-9-18(14-30)11-19(10-17)15-30/h1-6,12,17-19H,7-11,13-16H2. The summed E-state index contributed by atoms with van der Waals surface area (Å²) in [5.41, 5.74) is 0.284. The van der Waals surface area contributed by atoms with Crippen LogP contribution in [-0.4, -0.2) is 23.4 Å². The van der Waals surface area contributed by atoms with E-state index >= 15 is 0 Å². The maximum Gasteiger partial charge on any atom is 0.319 e. The lowest BCUT2D eigenvalue weighted by Gasteiger charge is -2.55. The van der Waals surface area contributed by atoms with Crippen LogP contribution in [0.15, 0.2) is 42.5 Å². The zero-order valence-corrected chi connectivity index (χ0v) is 22.1. The first-order valence-corrected chi connectivity index (χ1v) is 14.4. The van der Waals surface area contributed by atoms with Crippen molar-refractivity contribution in [2.45, 2.75) is 51.4 Å². The van der Waals surface area contributed by atoms with Crippen LogP contribution >= 0.6 is 11.3 Å². The molecule has 7 nitrogen and oxygen atoms in total. The second kappa shape index (κ2) is 8.84. The molecular weight excluding hydrogens is 521 g/mol. The molecule has 0 atom stereocenters. The summed E-state index contributed by atoms with van der Waals surface area (Å²) in [5, 5.41) is 10.6. The fourth-order valence-corrected chi connectivity index (χ4v) is 9.10. The molecule has 5 aliphatic carbocycles. The van der Waals surface area contributed by atoms with Crippen LogP contribution in [0.4, 0.5) is 4.39 Å². The molecule has 9 heteroatoms. The summed E-state index contributed by atoms with van der Waals surface area (Å²) >= 11 is 1.41. The monoisotopic (exact) mass is 549 g/mol. The van der Waals surface area contributed by atoms with Crippen LogP contribution in [0.25, 0.3) is 21.2 Å². The molecule has 0 N–H and O–H groups in total. The number of hydrogen-bond acceptors (Lipinski definition) is 7. The molecule has 8 rings (SSSR count). The average molecular weight is 550 g/mol. The molecule has 4 bridgehead atoms. The number of ether oxygens (including phenoxy) is 1. The van der Waals surface area contributed by atoms with E-state index in [0.717, 1.165) is 40.5 Å². The van der Waals surface area contributed by atoms with Gasteiger partial charge < -0.3 is 9.57 Å². The second-order valence-electron chi connectivity index (χ2n) is 12.2. The normalized spacial score (nSPS) is 27.9. The quantitative estimate of drug-likeness (QED) is 0.0987. The van der Waals surface area contributed by atoms with Gasteiger partial charge in [0.25, 0.3) is 5.09 Å². The van der Waals surface area contributed by atoms with E-state index in [1.165, 1.54) is 42.7 Å². The van der Waals surface area contributed by atoms with Gasteiger partial charge >= 0.3 is 5.97 Å².